The van der Waals surface area contributed by atoms with Crippen LogP contribution in [0.4, 0.5) is 0 Å². The third kappa shape index (κ3) is 2.78. The van der Waals surface area contributed by atoms with E-state index in [0.29, 0.717) is 0 Å². The maximum absolute atomic E-state index is 5.57. The highest BCUT2D eigenvalue weighted by Gasteiger charge is 2.17. The number of benzene rings is 1. The molecule has 0 unspecified atom stereocenters. The molecule has 0 radical (unpaired) electrons. The summed E-state index contributed by atoms with van der Waals surface area (Å²) in [6, 6.07) is 10.5. The lowest BCUT2D eigenvalue weighted by molar-refractivity contribution is 0.220. The zero-order valence-corrected chi connectivity index (χ0v) is 12.6. The molecule has 0 spiro atoms. The Morgan fingerprint density at radius 3 is 2.63 bits per heavy atom. The van der Waals surface area contributed by atoms with E-state index in [0.717, 1.165) is 30.5 Å². The molecule has 2 heterocycles. The van der Waals surface area contributed by atoms with Crippen LogP contribution >= 0.6 is 24.2 Å². The smallest absolute Gasteiger partial charge is 0.157 e. The Balaban J connectivity index is 1.72. The molecule has 3 rings (SSSR count). The van der Waals surface area contributed by atoms with Gasteiger partial charge < -0.3 is 9.80 Å². The molecule has 5 heteroatoms. The number of piperazine rings is 1. The van der Waals surface area contributed by atoms with Gasteiger partial charge in [0.2, 0.25) is 0 Å². The second-order valence-corrected chi connectivity index (χ2v) is 6.46. The zero-order chi connectivity index (χ0) is 13.2. The van der Waals surface area contributed by atoms with Gasteiger partial charge in [0.05, 0.1) is 5.52 Å². The van der Waals surface area contributed by atoms with Crippen molar-refractivity contribution in [1.82, 2.24) is 13.8 Å². The van der Waals surface area contributed by atoms with Crippen molar-refractivity contribution in [2.24, 2.45) is 0 Å². The predicted octanol–water partition coefficient (Wildman–Crippen LogP) is 2.67. The minimum atomic E-state index is 0.967. The Morgan fingerprint density at radius 2 is 1.84 bits per heavy atom. The zero-order valence-electron chi connectivity index (χ0n) is 11.0. The van der Waals surface area contributed by atoms with Crippen LogP contribution in [0.1, 0.15) is 0 Å². The molecule has 0 saturated carbocycles. The molecule has 1 aromatic carbocycles. The summed E-state index contributed by atoms with van der Waals surface area (Å²) < 4.78 is 3.13. The Labute approximate surface area is 123 Å². The molecule has 1 aliphatic heterocycles. The second kappa shape index (κ2) is 5.53. The fourth-order valence-corrected chi connectivity index (χ4v) is 3.54. The first-order chi connectivity index (χ1) is 9.24. The average molecular weight is 291 g/mol. The third-order valence-corrected chi connectivity index (χ3v) is 4.91. The van der Waals surface area contributed by atoms with E-state index in [2.05, 4.69) is 57.3 Å². The van der Waals surface area contributed by atoms with Crippen LogP contribution in [0.15, 0.2) is 36.5 Å². The van der Waals surface area contributed by atoms with Crippen LogP contribution < -0.4 is 0 Å². The van der Waals surface area contributed by atoms with Gasteiger partial charge >= 0.3 is 0 Å². The number of nitrogens with zero attached hydrogens (tertiary/aromatic N) is 3. The molecule has 3 nitrogen and oxygen atoms in total. The van der Waals surface area contributed by atoms with Crippen LogP contribution in [0.2, 0.25) is 0 Å². The number of aromatic nitrogens is 1. The first kappa shape index (κ1) is 13.0. The monoisotopic (exact) mass is 291 g/mol. The van der Waals surface area contributed by atoms with Gasteiger partial charge in [-0.2, -0.15) is 0 Å². The number of likely N-dealkylation sites (N-methyl/N-ethyl adjacent to an activating group) is 1. The van der Waals surface area contributed by atoms with E-state index in [4.69, 9.17) is 12.2 Å². The van der Waals surface area contributed by atoms with E-state index in [1.165, 1.54) is 10.9 Å². The fraction of sp³-hybridized carbons (Fsp3) is 0.357. The second-order valence-electron chi connectivity index (χ2n) is 4.85. The van der Waals surface area contributed by atoms with Crippen LogP contribution in [0.3, 0.4) is 0 Å². The van der Waals surface area contributed by atoms with Crippen LogP contribution in [-0.2, 0) is 0 Å². The summed E-state index contributed by atoms with van der Waals surface area (Å²) in [7, 11) is 2.16. The van der Waals surface area contributed by atoms with E-state index in [1.807, 2.05) is 0 Å². The van der Waals surface area contributed by atoms with Crippen molar-refractivity contribution >= 4 is 39.4 Å². The number of para-hydroxylation sites is 1. The highest BCUT2D eigenvalue weighted by atomic mass is 32.2. The Hall–Kier alpha value is -1.04. The molecule has 2 aromatic rings. The molecule has 0 aliphatic carbocycles. The van der Waals surface area contributed by atoms with Crippen molar-refractivity contribution < 1.29 is 0 Å². The molecule has 0 atom stereocenters. The van der Waals surface area contributed by atoms with E-state index in [-0.39, 0.29) is 0 Å². The van der Waals surface area contributed by atoms with Crippen LogP contribution in [0.5, 0.6) is 0 Å². The van der Waals surface area contributed by atoms with Gasteiger partial charge in [0.25, 0.3) is 0 Å². The Kier molecular flexibility index (Phi) is 3.77. The van der Waals surface area contributed by atoms with Crippen LogP contribution in [0.25, 0.3) is 10.9 Å². The molecule has 19 heavy (non-hydrogen) atoms. The van der Waals surface area contributed by atoms with Crippen molar-refractivity contribution in [3.63, 3.8) is 0 Å². The fourth-order valence-electron chi connectivity index (χ4n) is 2.27. The van der Waals surface area contributed by atoms with Crippen molar-refractivity contribution in [3.05, 3.63) is 36.5 Å². The predicted molar refractivity (Wildman–Crippen MR) is 86.6 cm³/mol. The van der Waals surface area contributed by atoms with Gasteiger partial charge in [-0.25, -0.2) is 0 Å². The normalized spacial score (nSPS) is 17.0. The number of thiocarbonyl (C=S) groups is 1. The first-order valence-electron chi connectivity index (χ1n) is 6.46. The molecular formula is C14H17N3S2. The van der Waals surface area contributed by atoms with E-state index >= 15 is 0 Å². The van der Waals surface area contributed by atoms with Crippen LogP contribution in [-0.4, -0.2) is 51.3 Å². The first-order valence-corrected chi connectivity index (χ1v) is 7.64. The van der Waals surface area contributed by atoms with Gasteiger partial charge in [-0.1, -0.05) is 30.4 Å². The number of rotatable bonds is 1. The van der Waals surface area contributed by atoms with Gasteiger partial charge in [-0.15, -0.1) is 0 Å². The van der Waals surface area contributed by atoms with E-state index < -0.39 is 0 Å². The Bertz CT molecular complexity index is 585. The maximum Gasteiger partial charge on any atom is 0.157 e. The number of hydrogen-bond acceptors (Lipinski definition) is 3. The van der Waals surface area contributed by atoms with Crippen LogP contribution in [0, 0.1) is 0 Å². The lowest BCUT2D eigenvalue weighted by Gasteiger charge is -2.33. The highest BCUT2D eigenvalue weighted by molar-refractivity contribution is 8.22. The summed E-state index contributed by atoms with van der Waals surface area (Å²) in [6.45, 7) is 4.24. The number of fused-ring (bicyclic) bond motifs is 1. The van der Waals surface area contributed by atoms with Gasteiger partial charge in [0.15, 0.2) is 4.32 Å². The summed E-state index contributed by atoms with van der Waals surface area (Å²) in [5.74, 6) is 0. The summed E-state index contributed by atoms with van der Waals surface area (Å²) in [5, 5.41) is 1.26. The van der Waals surface area contributed by atoms with Crippen molar-refractivity contribution in [1.29, 1.82) is 0 Å². The topological polar surface area (TPSA) is 11.4 Å². The highest BCUT2D eigenvalue weighted by Crippen LogP contribution is 2.23. The van der Waals surface area contributed by atoms with Gasteiger partial charge in [-0.05, 0) is 19.2 Å². The lowest BCUT2D eigenvalue weighted by atomic mass is 10.3. The molecule has 0 bridgehead atoms. The maximum atomic E-state index is 5.57. The summed E-state index contributed by atoms with van der Waals surface area (Å²) in [6.07, 6.45) is 2.09. The molecule has 0 N–H and O–H groups in total. The third-order valence-electron chi connectivity index (χ3n) is 3.50. The van der Waals surface area contributed by atoms with Crippen molar-refractivity contribution in [3.8, 4) is 0 Å². The van der Waals surface area contributed by atoms with E-state index in [1.54, 1.807) is 11.9 Å². The minimum Gasteiger partial charge on any atom is -0.354 e. The quantitative estimate of drug-likeness (QED) is 0.748. The largest absolute Gasteiger partial charge is 0.354 e. The minimum absolute atomic E-state index is 0.967. The SMILES string of the molecule is CN1CCN(C(=S)Sn2ccc3ccccc32)CC1. The summed E-state index contributed by atoms with van der Waals surface area (Å²) in [5.41, 5.74) is 1.23. The molecule has 100 valence electrons. The molecule has 1 aromatic heterocycles. The van der Waals surface area contributed by atoms with Gasteiger partial charge in [0.1, 0.15) is 0 Å². The molecule has 1 saturated heterocycles. The molecule has 0 amide bonds. The Morgan fingerprint density at radius 1 is 1.11 bits per heavy atom. The standard InChI is InChI=1S/C14H17N3S2/c1-15-8-10-16(11-9-15)14(18)19-17-7-6-12-4-2-3-5-13(12)17/h2-7H,8-11H2,1H3. The van der Waals surface area contributed by atoms with Crippen molar-refractivity contribution in [2.45, 2.75) is 0 Å². The number of hydrogen-bond donors (Lipinski definition) is 0. The van der Waals surface area contributed by atoms with E-state index in [9.17, 15) is 0 Å². The summed E-state index contributed by atoms with van der Waals surface area (Å²) >= 11 is 7.22. The molecule has 1 fully saturated rings. The van der Waals surface area contributed by atoms with Crippen molar-refractivity contribution in [2.75, 3.05) is 33.2 Å². The van der Waals surface area contributed by atoms with Gasteiger partial charge in [-0.3, -0.25) is 3.97 Å². The lowest BCUT2D eigenvalue weighted by Crippen LogP contribution is -2.45. The summed E-state index contributed by atoms with van der Waals surface area (Å²) in [4.78, 5) is 4.64. The average Bonchev–Trinajstić information content (AvgIpc) is 2.83. The molecular weight excluding hydrogens is 274 g/mol. The molecule has 1 aliphatic rings. The van der Waals surface area contributed by atoms with Gasteiger partial charge in [0, 0.05) is 49.7 Å².